The Hall–Kier alpha value is -1.56. The fraction of sp³-hybridized carbons (Fsp3) is 0.600. The smallest absolute Gasteiger partial charge is 0.0162 e. The topological polar surface area (TPSA) is 0 Å². The molecule has 0 N–H and O–H groups in total. The number of hydrogen-bond donors (Lipinski definition) is 0. The fourth-order valence-corrected chi connectivity index (χ4v) is 6.21. The van der Waals surface area contributed by atoms with E-state index in [0.29, 0.717) is 0 Å². The predicted molar refractivity (Wildman–Crippen MR) is 132 cm³/mol. The summed E-state index contributed by atoms with van der Waals surface area (Å²) in [5, 5.41) is 2.83. The number of aryl methyl sites for hydroxylation is 1. The van der Waals surface area contributed by atoms with Crippen LogP contribution in [0.4, 0.5) is 0 Å². The van der Waals surface area contributed by atoms with Gasteiger partial charge in [0, 0.05) is 0 Å². The lowest BCUT2D eigenvalue weighted by molar-refractivity contribution is 0.225. The van der Waals surface area contributed by atoms with Crippen molar-refractivity contribution >= 4 is 10.8 Å². The number of rotatable bonds is 8. The fourth-order valence-electron chi connectivity index (χ4n) is 6.21. The lowest BCUT2D eigenvalue weighted by atomic mass is 9.74. The maximum Gasteiger partial charge on any atom is -0.0162 e. The minimum atomic E-state index is 0.789. The Morgan fingerprint density at radius 2 is 1.30 bits per heavy atom. The van der Waals surface area contributed by atoms with Gasteiger partial charge in [-0.3, -0.25) is 0 Å². The molecule has 2 aliphatic carbocycles. The van der Waals surface area contributed by atoms with Crippen LogP contribution in [0.25, 0.3) is 10.8 Å². The zero-order valence-corrected chi connectivity index (χ0v) is 19.3. The van der Waals surface area contributed by atoms with Gasteiger partial charge in [0.15, 0.2) is 0 Å². The lowest BCUT2D eigenvalue weighted by Crippen LogP contribution is -2.17. The van der Waals surface area contributed by atoms with Crippen LogP contribution < -0.4 is 0 Å². The van der Waals surface area contributed by atoms with E-state index >= 15 is 0 Å². The molecule has 0 saturated heterocycles. The number of allylic oxidation sites excluding steroid dienone is 1. The van der Waals surface area contributed by atoms with Gasteiger partial charge in [-0.25, -0.2) is 0 Å². The van der Waals surface area contributed by atoms with Crippen molar-refractivity contribution in [1.29, 1.82) is 0 Å². The van der Waals surface area contributed by atoms with E-state index in [4.69, 9.17) is 0 Å². The Kier molecular flexibility index (Phi) is 7.69. The van der Waals surface area contributed by atoms with Crippen LogP contribution >= 0.6 is 0 Å². The van der Waals surface area contributed by atoms with Crippen LogP contribution in [0.5, 0.6) is 0 Å². The van der Waals surface area contributed by atoms with Crippen molar-refractivity contribution in [2.75, 3.05) is 0 Å². The summed E-state index contributed by atoms with van der Waals surface area (Å²) in [5.41, 5.74) is 3.03. The highest BCUT2D eigenvalue weighted by atomic mass is 14.3. The quantitative estimate of drug-likeness (QED) is 0.386. The highest BCUT2D eigenvalue weighted by molar-refractivity contribution is 5.84. The van der Waals surface area contributed by atoms with Crippen LogP contribution in [0, 0.1) is 17.8 Å². The highest BCUT2D eigenvalue weighted by Crippen LogP contribution is 2.40. The number of fused-ring (bicyclic) bond motifs is 1. The van der Waals surface area contributed by atoms with Crippen LogP contribution in [0.1, 0.15) is 101 Å². The summed E-state index contributed by atoms with van der Waals surface area (Å²) in [6.07, 6.45) is 20.5. The summed E-state index contributed by atoms with van der Waals surface area (Å²) in [5.74, 6) is 3.80. The summed E-state index contributed by atoms with van der Waals surface area (Å²) in [4.78, 5) is 0. The SMILES string of the molecule is C=CCCC1CCC(CCC2CCC(c3ccc4cc(CC)ccc4c3)CC2)CC1. The maximum absolute atomic E-state index is 3.89. The third kappa shape index (κ3) is 5.57. The Balaban J connectivity index is 1.21. The van der Waals surface area contributed by atoms with Crippen molar-refractivity contribution in [3.05, 3.63) is 60.2 Å². The average Bonchev–Trinajstić information content (AvgIpc) is 2.81. The normalized spacial score (nSPS) is 27.2. The summed E-state index contributed by atoms with van der Waals surface area (Å²) in [7, 11) is 0. The minimum absolute atomic E-state index is 0.789. The molecular formula is C30H42. The summed E-state index contributed by atoms with van der Waals surface area (Å²) in [6, 6.07) is 14.2. The first-order chi connectivity index (χ1) is 14.7. The molecule has 0 spiro atoms. The van der Waals surface area contributed by atoms with Gasteiger partial charge < -0.3 is 0 Å². The molecule has 0 atom stereocenters. The van der Waals surface area contributed by atoms with E-state index in [0.717, 1.165) is 30.1 Å². The van der Waals surface area contributed by atoms with Gasteiger partial charge in [-0.2, -0.15) is 0 Å². The Morgan fingerprint density at radius 1 is 0.733 bits per heavy atom. The van der Waals surface area contributed by atoms with Crippen molar-refractivity contribution in [2.24, 2.45) is 17.8 Å². The molecule has 162 valence electrons. The van der Waals surface area contributed by atoms with Crippen LogP contribution in [0.3, 0.4) is 0 Å². The second-order valence-electron chi connectivity index (χ2n) is 10.3. The molecule has 4 rings (SSSR count). The van der Waals surface area contributed by atoms with E-state index in [1.807, 2.05) is 0 Å². The molecule has 2 saturated carbocycles. The van der Waals surface area contributed by atoms with Gasteiger partial charge in [0.1, 0.15) is 0 Å². The standard InChI is InChI=1S/C30H42/c1-3-5-6-24-7-9-25(10-8-24)11-12-26-14-16-27(17-15-26)29-20-19-28-21-23(4-2)13-18-30(28)22-29/h3,13,18-22,24-27H,1,4-12,14-17H2,2H3. The van der Waals surface area contributed by atoms with Gasteiger partial charge in [-0.1, -0.05) is 87.9 Å². The summed E-state index contributed by atoms with van der Waals surface area (Å²) in [6.45, 7) is 6.12. The van der Waals surface area contributed by atoms with E-state index in [2.05, 4.69) is 56.0 Å². The van der Waals surface area contributed by atoms with Gasteiger partial charge in [-0.15, -0.1) is 6.58 Å². The molecule has 2 aliphatic rings. The predicted octanol–water partition coefficient (Wildman–Crippen LogP) is 9.23. The average molecular weight is 403 g/mol. The van der Waals surface area contributed by atoms with Gasteiger partial charge in [-0.05, 0) is 90.5 Å². The van der Waals surface area contributed by atoms with Gasteiger partial charge >= 0.3 is 0 Å². The van der Waals surface area contributed by atoms with Gasteiger partial charge in [0.2, 0.25) is 0 Å². The second kappa shape index (κ2) is 10.7. The molecule has 0 radical (unpaired) electrons. The van der Waals surface area contributed by atoms with Crippen molar-refractivity contribution in [1.82, 2.24) is 0 Å². The molecule has 0 unspecified atom stereocenters. The van der Waals surface area contributed by atoms with E-state index in [1.165, 1.54) is 93.4 Å². The van der Waals surface area contributed by atoms with Crippen LogP contribution in [0.2, 0.25) is 0 Å². The zero-order valence-electron chi connectivity index (χ0n) is 19.3. The zero-order chi connectivity index (χ0) is 20.8. The molecule has 0 amide bonds. The molecule has 0 heterocycles. The van der Waals surface area contributed by atoms with Crippen LogP contribution in [-0.2, 0) is 6.42 Å². The molecule has 30 heavy (non-hydrogen) atoms. The third-order valence-electron chi connectivity index (χ3n) is 8.38. The Morgan fingerprint density at radius 3 is 1.93 bits per heavy atom. The van der Waals surface area contributed by atoms with Crippen LogP contribution in [-0.4, -0.2) is 0 Å². The first kappa shape index (κ1) is 21.7. The van der Waals surface area contributed by atoms with Crippen molar-refractivity contribution in [2.45, 2.75) is 96.3 Å². The molecule has 0 heteroatoms. The molecular weight excluding hydrogens is 360 g/mol. The van der Waals surface area contributed by atoms with E-state index < -0.39 is 0 Å². The Labute approximate surface area is 185 Å². The summed E-state index contributed by atoms with van der Waals surface area (Å²) >= 11 is 0. The minimum Gasteiger partial charge on any atom is -0.103 e. The monoisotopic (exact) mass is 402 g/mol. The Bertz CT molecular complexity index is 800. The van der Waals surface area contributed by atoms with Crippen molar-refractivity contribution in [3.8, 4) is 0 Å². The molecule has 2 aromatic carbocycles. The van der Waals surface area contributed by atoms with E-state index in [1.54, 1.807) is 5.56 Å². The second-order valence-corrected chi connectivity index (χ2v) is 10.3. The molecule has 0 aromatic heterocycles. The third-order valence-corrected chi connectivity index (χ3v) is 8.38. The first-order valence-corrected chi connectivity index (χ1v) is 12.9. The highest BCUT2D eigenvalue weighted by Gasteiger charge is 2.25. The first-order valence-electron chi connectivity index (χ1n) is 12.9. The molecule has 0 aliphatic heterocycles. The van der Waals surface area contributed by atoms with E-state index in [9.17, 15) is 0 Å². The molecule has 2 fully saturated rings. The molecule has 2 aromatic rings. The van der Waals surface area contributed by atoms with Crippen LogP contribution in [0.15, 0.2) is 49.1 Å². The molecule has 0 bridgehead atoms. The lowest BCUT2D eigenvalue weighted by Gasteiger charge is -2.32. The molecule has 0 nitrogen and oxygen atoms in total. The van der Waals surface area contributed by atoms with Crippen molar-refractivity contribution in [3.63, 3.8) is 0 Å². The van der Waals surface area contributed by atoms with Gasteiger partial charge in [0.05, 0.1) is 0 Å². The number of benzene rings is 2. The van der Waals surface area contributed by atoms with Crippen molar-refractivity contribution < 1.29 is 0 Å². The van der Waals surface area contributed by atoms with Gasteiger partial charge in [0.25, 0.3) is 0 Å². The summed E-state index contributed by atoms with van der Waals surface area (Å²) < 4.78 is 0. The number of hydrogen-bond acceptors (Lipinski definition) is 0. The maximum atomic E-state index is 3.89. The van der Waals surface area contributed by atoms with E-state index in [-0.39, 0.29) is 0 Å². The largest absolute Gasteiger partial charge is 0.103 e.